The number of benzene rings is 3. The van der Waals surface area contributed by atoms with Gasteiger partial charge in [0.05, 0.1) is 43.0 Å². The molecule has 0 fully saturated rings. The van der Waals surface area contributed by atoms with Gasteiger partial charge in [0.25, 0.3) is 10.0 Å². The van der Waals surface area contributed by atoms with Crippen LogP contribution < -0.4 is 19.1 Å². The van der Waals surface area contributed by atoms with Gasteiger partial charge in [-0.05, 0) is 55.0 Å². The number of nitrogens with one attached hydrogen (secondary N) is 1. The molecule has 0 aliphatic heterocycles. The second-order valence-corrected chi connectivity index (χ2v) is 9.96. The Bertz CT molecular complexity index is 1490. The van der Waals surface area contributed by atoms with Crippen LogP contribution in [0.4, 0.5) is 24.5 Å². The van der Waals surface area contributed by atoms with E-state index < -0.39 is 45.9 Å². The van der Waals surface area contributed by atoms with Gasteiger partial charge < -0.3 is 19.5 Å². The van der Waals surface area contributed by atoms with Crippen molar-refractivity contribution in [2.45, 2.75) is 18.0 Å². The van der Waals surface area contributed by atoms with Gasteiger partial charge in [-0.3, -0.25) is 9.10 Å². The highest BCUT2D eigenvalue weighted by molar-refractivity contribution is 7.92. The zero-order valence-electron chi connectivity index (χ0n) is 21.3. The van der Waals surface area contributed by atoms with E-state index in [9.17, 15) is 31.2 Å². The number of amides is 1. The van der Waals surface area contributed by atoms with E-state index in [2.05, 4.69) is 5.32 Å². The fourth-order valence-corrected chi connectivity index (χ4v) is 5.11. The predicted octanol–water partition coefficient (Wildman–Crippen LogP) is 4.65. The Morgan fingerprint density at radius 3 is 2.21 bits per heavy atom. The summed E-state index contributed by atoms with van der Waals surface area (Å²) in [5.41, 5.74) is -0.784. The quantitative estimate of drug-likeness (QED) is 0.376. The molecule has 9 nitrogen and oxygen atoms in total. The lowest BCUT2D eigenvalue weighted by atomic mass is 10.1. The first-order valence-corrected chi connectivity index (χ1v) is 12.7. The minimum absolute atomic E-state index is 0.0577. The van der Waals surface area contributed by atoms with Crippen LogP contribution in [0, 0.1) is 6.92 Å². The lowest BCUT2D eigenvalue weighted by molar-refractivity contribution is -0.137. The maximum absolute atomic E-state index is 13.7. The number of nitrogens with zero attached hydrogens (tertiary/aromatic N) is 1. The van der Waals surface area contributed by atoms with Crippen molar-refractivity contribution in [3.05, 3.63) is 77.4 Å². The molecule has 13 heteroatoms. The molecule has 0 unspecified atom stereocenters. The third-order valence-corrected chi connectivity index (χ3v) is 7.47. The molecule has 0 aliphatic carbocycles. The van der Waals surface area contributed by atoms with E-state index in [-0.39, 0.29) is 27.6 Å². The van der Waals surface area contributed by atoms with Crippen LogP contribution in [0.2, 0.25) is 0 Å². The summed E-state index contributed by atoms with van der Waals surface area (Å²) < 4.78 is 83.3. The molecular formula is C26H25F3N2O7S. The molecule has 3 aromatic carbocycles. The summed E-state index contributed by atoms with van der Waals surface area (Å²) >= 11 is 0. The van der Waals surface area contributed by atoms with Gasteiger partial charge in [-0.15, -0.1) is 0 Å². The number of rotatable bonds is 9. The van der Waals surface area contributed by atoms with Gasteiger partial charge in [-0.1, -0.05) is 12.1 Å². The predicted molar refractivity (Wildman–Crippen MR) is 137 cm³/mol. The lowest BCUT2D eigenvalue weighted by Crippen LogP contribution is -2.38. The van der Waals surface area contributed by atoms with Gasteiger partial charge >= 0.3 is 12.1 Å². The van der Waals surface area contributed by atoms with Crippen LogP contribution in [0.5, 0.6) is 11.5 Å². The number of ether oxygens (including phenoxy) is 3. The van der Waals surface area contributed by atoms with Gasteiger partial charge in [0.2, 0.25) is 5.91 Å². The molecule has 0 heterocycles. The van der Waals surface area contributed by atoms with Gasteiger partial charge in [0.1, 0.15) is 6.54 Å². The first kappa shape index (κ1) is 29.3. The highest BCUT2D eigenvalue weighted by Crippen LogP contribution is 2.35. The minimum Gasteiger partial charge on any atom is -0.493 e. The third-order valence-electron chi connectivity index (χ3n) is 5.70. The number of carbonyl (C=O) groups excluding carboxylic acids is 2. The number of carbonyl (C=O) groups is 2. The van der Waals surface area contributed by atoms with Crippen molar-refractivity contribution < 1.29 is 45.4 Å². The average Bonchev–Trinajstić information content (AvgIpc) is 2.91. The first-order chi connectivity index (χ1) is 18.3. The number of alkyl halides is 3. The molecule has 0 aromatic heterocycles. The Hall–Kier alpha value is -4.26. The van der Waals surface area contributed by atoms with E-state index in [1.165, 1.54) is 51.7 Å². The molecule has 3 rings (SSSR count). The van der Waals surface area contributed by atoms with Crippen molar-refractivity contribution in [3.8, 4) is 11.5 Å². The second-order valence-electron chi connectivity index (χ2n) is 8.09. The molecule has 208 valence electrons. The van der Waals surface area contributed by atoms with Gasteiger partial charge in [0, 0.05) is 11.8 Å². The Morgan fingerprint density at radius 2 is 1.59 bits per heavy atom. The summed E-state index contributed by atoms with van der Waals surface area (Å²) in [5.74, 6) is -1.24. The van der Waals surface area contributed by atoms with E-state index in [1.807, 2.05) is 0 Å². The van der Waals surface area contributed by atoms with E-state index in [1.54, 1.807) is 6.92 Å². The summed E-state index contributed by atoms with van der Waals surface area (Å²) in [6.07, 6.45) is -4.76. The van der Waals surface area contributed by atoms with Crippen LogP contribution in [-0.4, -0.2) is 48.2 Å². The van der Waals surface area contributed by atoms with Gasteiger partial charge in [-0.25, -0.2) is 13.2 Å². The van der Waals surface area contributed by atoms with Crippen molar-refractivity contribution >= 4 is 33.3 Å². The molecule has 0 radical (unpaired) electrons. The van der Waals surface area contributed by atoms with Crippen LogP contribution in [0.15, 0.2) is 65.6 Å². The maximum atomic E-state index is 13.7. The molecule has 0 saturated carbocycles. The lowest BCUT2D eigenvalue weighted by Gasteiger charge is -2.25. The first-order valence-electron chi connectivity index (χ1n) is 11.2. The topological polar surface area (TPSA) is 111 Å². The van der Waals surface area contributed by atoms with Crippen molar-refractivity contribution in [3.63, 3.8) is 0 Å². The van der Waals surface area contributed by atoms with Crippen LogP contribution >= 0.6 is 0 Å². The summed E-state index contributed by atoms with van der Waals surface area (Å²) in [4.78, 5) is 24.7. The van der Waals surface area contributed by atoms with E-state index in [0.29, 0.717) is 15.9 Å². The molecule has 0 atom stereocenters. The number of methoxy groups -OCH3 is 3. The summed E-state index contributed by atoms with van der Waals surface area (Å²) in [7, 11) is -0.770. The van der Waals surface area contributed by atoms with Gasteiger partial charge in [0.15, 0.2) is 11.5 Å². The standard InChI is InChI=1S/C26H25F3N2O7S/c1-16-20(25(33)38-4)9-6-10-21(16)30-24(32)15-31(18-8-5-7-17(13-18)26(27,28)29)39(34,35)19-11-12-22(36-2)23(14-19)37-3/h5-14H,15H2,1-4H3,(H,30,32). The average molecular weight is 567 g/mol. The number of hydrogen-bond donors (Lipinski definition) is 1. The largest absolute Gasteiger partial charge is 0.493 e. The molecular weight excluding hydrogens is 541 g/mol. The Labute approximate surface area is 223 Å². The highest BCUT2D eigenvalue weighted by Gasteiger charge is 2.33. The minimum atomic E-state index is -4.76. The fraction of sp³-hybridized carbons (Fsp3) is 0.231. The smallest absolute Gasteiger partial charge is 0.416 e. The molecule has 0 saturated heterocycles. The Morgan fingerprint density at radius 1 is 0.923 bits per heavy atom. The maximum Gasteiger partial charge on any atom is 0.416 e. The fourth-order valence-electron chi connectivity index (χ4n) is 3.68. The molecule has 0 aliphatic rings. The molecule has 0 spiro atoms. The van der Waals surface area contributed by atoms with Gasteiger partial charge in [-0.2, -0.15) is 13.2 Å². The van der Waals surface area contributed by atoms with Crippen LogP contribution in [0.25, 0.3) is 0 Å². The number of esters is 1. The normalized spacial score (nSPS) is 11.5. The second kappa shape index (κ2) is 11.6. The zero-order valence-corrected chi connectivity index (χ0v) is 22.1. The molecule has 3 aromatic rings. The molecule has 1 amide bonds. The summed E-state index contributed by atoms with van der Waals surface area (Å²) in [6.45, 7) is 0.659. The number of halogens is 3. The van der Waals surface area contributed by atoms with E-state index in [4.69, 9.17) is 14.2 Å². The van der Waals surface area contributed by atoms with E-state index in [0.717, 1.165) is 24.3 Å². The molecule has 39 heavy (non-hydrogen) atoms. The third kappa shape index (κ3) is 6.42. The van der Waals surface area contributed by atoms with Crippen LogP contribution in [0.1, 0.15) is 21.5 Å². The van der Waals surface area contributed by atoms with E-state index >= 15 is 0 Å². The van der Waals surface area contributed by atoms with Crippen molar-refractivity contribution in [2.24, 2.45) is 0 Å². The van der Waals surface area contributed by atoms with Crippen LogP contribution in [-0.2, 0) is 25.7 Å². The Kier molecular flexibility index (Phi) is 8.74. The van der Waals surface area contributed by atoms with Crippen molar-refractivity contribution in [2.75, 3.05) is 37.5 Å². The summed E-state index contributed by atoms with van der Waals surface area (Å²) in [6, 6.07) is 11.7. The monoisotopic (exact) mass is 566 g/mol. The highest BCUT2D eigenvalue weighted by atomic mass is 32.2. The SMILES string of the molecule is COC(=O)c1cccc(NC(=O)CN(c2cccc(C(F)(F)F)c2)S(=O)(=O)c2ccc(OC)c(OC)c2)c1C. The zero-order chi connectivity index (χ0) is 29.0. The number of anilines is 2. The van der Waals surface area contributed by atoms with Crippen molar-refractivity contribution in [1.29, 1.82) is 0 Å². The molecule has 0 bridgehead atoms. The molecule has 1 N–H and O–H groups in total. The van der Waals surface area contributed by atoms with Crippen LogP contribution in [0.3, 0.4) is 0 Å². The number of sulfonamides is 1. The summed E-state index contributed by atoms with van der Waals surface area (Å²) in [5, 5.41) is 2.52. The Balaban J connectivity index is 2.07. The van der Waals surface area contributed by atoms with Crippen molar-refractivity contribution in [1.82, 2.24) is 0 Å². The number of hydrogen-bond acceptors (Lipinski definition) is 7.